The maximum atomic E-state index is 13.2. The van der Waals surface area contributed by atoms with E-state index in [0.29, 0.717) is 16.8 Å². The molecule has 4 nitrogen and oxygen atoms in total. The van der Waals surface area contributed by atoms with Crippen LogP contribution in [0.4, 0.5) is 4.39 Å². The van der Waals surface area contributed by atoms with E-state index in [1.54, 1.807) is 18.3 Å². The van der Waals surface area contributed by atoms with Crippen LogP contribution in [0.2, 0.25) is 0 Å². The molecule has 3 aromatic rings. The van der Waals surface area contributed by atoms with E-state index in [0.717, 1.165) is 23.6 Å². The summed E-state index contributed by atoms with van der Waals surface area (Å²) in [6.07, 6.45) is 1.79. The van der Waals surface area contributed by atoms with E-state index >= 15 is 0 Å². The van der Waals surface area contributed by atoms with Crippen molar-refractivity contribution >= 4 is 17.3 Å². The molecule has 2 aromatic heterocycles. The first-order valence-corrected chi connectivity index (χ1v) is 9.77. The molecule has 0 spiro atoms. The molecule has 1 aliphatic rings. The normalized spacial score (nSPS) is 19.3. The molecule has 2 atom stereocenters. The van der Waals surface area contributed by atoms with Crippen molar-refractivity contribution in [3.63, 3.8) is 0 Å². The van der Waals surface area contributed by atoms with Crippen LogP contribution in [0.5, 0.6) is 0 Å². The van der Waals surface area contributed by atoms with Gasteiger partial charge in [0.15, 0.2) is 5.11 Å². The molecule has 0 amide bonds. The molecule has 4 rings (SSSR count). The number of hydrogen-bond acceptors (Lipinski definition) is 3. The predicted octanol–water partition coefficient (Wildman–Crippen LogP) is 5.11. The fraction of sp³-hybridized carbons (Fsp3) is 0.273. The summed E-state index contributed by atoms with van der Waals surface area (Å²) < 4.78 is 19.5. The van der Waals surface area contributed by atoms with Crippen molar-refractivity contribution in [1.82, 2.24) is 15.2 Å². The average Bonchev–Trinajstić information content (AvgIpc) is 3.28. The first-order valence-electron chi connectivity index (χ1n) is 9.36. The van der Waals surface area contributed by atoms with Gasteiger partial charge in [-0.05, 0) is 66.7 Å². The van der Waals surface area contributed by atoms with Gasteiger partial charge in [-0.25, -0.2) is 4.39 Å². The van der Waals surface area contributed by atoms with Crippen LogP contribution in [0.15, 0.2) is 65.2 Å². The summed E-state index contributed by atoms with van der Waals surface area (Å²) in [6, 6.07) is 15.9. The van der Waals surface area contributed by atoms with Gasteiger partial charge in [-0.1, -0.05) is 19.9 Å². The maximum Gasteiger partial charge on any atom is 0.170 e. The Balaban J connectivity index is 1.72. The van der Waals surface area contributed by atoms with Crippen LogP contribution in [0.25, 0.3) is 11.3 Å². The maximum absolute atomic E-state index is 13.2. The van der Waals surface area contributed by atoms with Gasteiger partial charge in [0.05, 0.1) is 11.7 Å². The number of thiocarbonyl (C=S) groups is 1. The Hall–Kier alpha value is -2.73. The van der Waals surface area contributed by atoms with Gasteiger partial charge >= 0.3 is 0 Å². The number of benzene rings is 1. The number of halogens is 1. The van der Waals surface area contributed by atoms with Crippen molar-refractivity contribution in [2.45, 2.75) is 25.9 Å². The lowest BCUT2D eigenvalue weighted by Gasteiger charge is -2.27. The van der Waals surface area contributed by atoms with Crippen LogP contribution in [0.1, 0.15) is 37.4 Å². The molecule has 1 fully saturated rings. The molecular formula is C22H22FN3OS. The number of pyridine rings is 1. The number of nitrogens with one attached hydrogen (secondary N) is 1. The molecule has 1 N–H and O–H groups in total. The Kier molecular flexibility index (Phi) is 5.13. The smallest absolute Gasteiger partial charge is 0.170 e. The largest absolute Gasteiger partial charge is 0.459 e. The summed E-state index contributed by atoms with van der Waals surface area (Å²) in [4.78, 5) is 6.70. The fourth-order valence-corrected chi connectivity index (χ4v) is 3.90. The molecule has 1 aliphatic heterocycles. The van der Waals surface area contributed by atoms with Gasteiger partial charge in [-0.3, -0.25) is 4.98 Å². The molecule has 144 valence electrons. The zero-order chi connectivity index (χ0) is 19.7. The van der Waals surface area contributed by atoms with E-state index in [9.17, 15) is 4.39 Å². The Morgan fingerprint density at radius 1 is 1.14 bits per heavy atom. The van der Waals surface area contributed by atoms with E-state index < -0.39 is 0 Å². The van der Waals surface area contributed by atoms with E-state index in [4.69, 9.17) is 16.6 Å². The lowest BCUT2D eigenvalue weighted by molar-refractivity contribution is 0.253. The van der Waals surface area contributed by atoms with Gasteiger partial charge in [0.2, 0.25) is 0 Å². The van der Waals surface area contributed by atoms with Gasteiger partial charge in [0.1, 0.15) is 23.4 Å². The summed E-state index contributed by atoms with van der Waals surface area (Å²) in [5, 5.41) is 4.12. The molecule has 2 unspecified atom stereocenters. The van der Waals surface area contributed by atoms with Crippen molar-refractivity contribution in [1.29, 1.82) is 0 Å². The van der Waals surface area contributed by atoms with E-state index in [-0.39, 0.29) is 17.9 Å². The average molecular weight is 396 g/mol. The number of nitrogens with zero attached hydrogens (tertiary/aromatic N) is 2. The summed E-state index contributed by atoms with van der Waals surface area (Å²) >= 11 is 5.63. The third kappa shape index (κ3) is 3.64. The Morgan fingerprint density at radius 2 is 1.93 bits per heavy atom. The van der Waals surface area contributed by atoms with Crippen LogP contribution in [0.3, 0.4) is 0 Å². The van der Waals surface area contributed by atoms with Gasteiger partial charge in [-0.15, -0.1) is 0 Å². The lowest BCUT2D eigenvalue weighted by atomic mass is 10.0. The Bertz CT molecular complexity index is 955. The zero-order valence-electron chi connectivity index (χ0n) is 15.8. The number of aromatic nitrogens is 1. The highest BCUT2D eigenvalue weighted by atomic mass is 32.1. The molecule has 1 saturated heterocycles. The molecule has 0 aliphatic carbocycles. The zero-order valence-corrected chi connectivity index (χ0v) is 16.6. The number of hydrogen-bond donors (Lipinski definition) is 1. The highest BCUT2D eigenvalue weighted by Crippen LogP contribution is 2.40. The fourth-order valence-electron chi connectivity index (χ4n) is 3.59. The molecule has 0 saturated carbocycles. The highest BCUT2D eigenvalue weighted by Gasteiger charge is 2.41. The molecule has 0 radical (unpaired) electrons. The van der Waals surface area contributed by atoms with Crippen LogP contribution in [-0.2, 0) is 0 Å². The second kappa shape index (κ2) is 7.72. The molecule has 6 heteroatoms. The molecular weight excluding hydrogens is 373 g/mol. The van der Waals surface area contributed by atoms with Crippen LogP contribution in [0, 0.1) is 11.7 Å². The first kappa shape index (κ1) is 18.6. The molecule has 3 heterocycles. The van der Waals surface area contributed by atoms with E-state index in [1.165, 1.54) is 12.1 Å². The Labute approximate surface area is 169 Å². The van der Waals surface area contributed by atoms with Crippen LogP contribution in [-0.4, -0.2) is 21.5 Å². The quantitative estimate of drug-likeness (QED) is 0.608. The van der Waals surface area contributed by atoms with Gasteiger partial charge in [0.25, 0.3) is 0 Å². The van der Waals surface area contributed by atoms with Crippen LogP contribution >= 0.6 is 12.2 Å². The van der Waals surface area contributed by atoms with Crippen molar-refractivity contribution in [3.05, 3.63) is 78.1 Å². The SMILES string of the molecule is CC(C)CN1C(=S)NC(c2ccccn2)C1c1ccc(-c2ccc(F)cc2)o1. The van der Waals surface area contributed by atoms with Gasteiger partial charge in [0, 0.05) is 18.3 Å². The van der Waals surface area contributed by atoms with Crippen molar-refractivity contribution in [2.75, 3.05) is 6.54 Å². The highest BCUT2D eigenvalue weighted by molar-refractivity contribution is 7.80. The molecule has 0 bridgehead atoms. The second-order valence-corrected chi connectivity index (χ2v) is 7.77. The summed E-state index contributed by atoms with van der Waals surface area (Å²) in [5.74, 6) is 1.69. The lowest BCUT2D eigenvalue weighted by Crippen LogP contribution is -2.32. The summed E-state index contributed by atoms with van der Waals surface area (Å²) in [7, 11) is 0. The minimum absolute atomic E-state index is 0.0975. The topological polar surface area (TPSA) is 41.3 Å². The standard InChI is InChI=1S/C22H22FN3OS/c1-14(2)13-26-21(20(25-22(26)28)17-5-3-4-12-24-17)19-11-10-18(27-19)15-6-8-16(23)9-7-15/h3-12,14,20-21H,13H2,1-2H3,(H,25,28). The summed E-state index contributed by atoms with van der Waals surface area (Å²) in [5.41, 5.74) is 1.76. The number of furan rings is 1. The number of rotatable bonds is 5. The van der Waals surface area contributed by atoms with Crippen molar-refractivity contribution in [3.8, 4) is 11.3 Å². The minimum Gasteiger partial charge on any atom is -0.459 e. The monoisotopic (exact) mass is 395 g/mol. The van der Waals surface area contributed by atoms with E-state index in [1.807, 2.05) is 30.3 Å². The second-order valence-electron chi connectivity index (χ2n) is 7.38. The molecule has 28 heavy (non-hydrogen) atoms. The van der Waals surface area contributed by atoms with Crippen LogP contribution < -0.4 is 5.32 Å². The van der Waals surface area contributed by atoms with Gasteiger partial charge in [-0.2, -0.15) is 0 Å². The van der Waals surface area contributed by atoms with Crippen molar-refractivity contribution in [2.24, 2.45) is 5.92 Å². The minimum atomic E-state index is -0.265. The third-order valence-corrected chi connectivity index (χ3v) is 5.16. The Morgan fingerprint density at radius 3 is 2.61 bits per heavy atom. The van der Waals surface area contributed by atoms with E-state index in [2.05, 4.69) is 29.0 Å². The van der Waals surface area contributed by atoms with Gasteiger partial charge < -0.3 is 14.6 Å². The summed E-state index contributed by atoms with van der Waals surface area (Å²) in [6.45, 7) is 5.14. The first-order chi connectivity index (χ1) is 13.5. The van der Waals surface area contributed by atoms with Crippen molar-refractivity contribution < 1.29 is 8.81 Å². The predicted molar refractivity (Wildman–Crippen MR) is 111 cm³/mol. The molecule has 1 aromatic carbocycles. The third-order valence-electron chi connectivity index (χ3n) is 4.81.